The maximum Gasteiger partial charge on any atom is 0.408 e. The topological polar surface area (TPSA) is 142 Å². The summed E-state index contributed by atoms with van der Waals surface area (Å²) in [5.74, 6) is -0.928. The Morgan fingerprint density at radius 1 is 0.860 bits per heavy atom. The number of aldehydes is 1. The highest BCUT2D eigenvalue weighted by molar-refractivity contribution is 5.93. The third-order valence-corrected chi connectivity index (χ3v) is 6.94. The van der Waals surface area contributed by atoms with Crippen LogP contribution in [0.5, 0.6) is 0 Å². The second kappa shape index (κ2) is 15.3. The number of benzene rings is 3. The molecule has 4 aromatic rings. The van der Waals surface area contributed by atoms with Crippen LogP contribution >= 0.6 is 0 Å². The number of nitrogens with zero attached hydrogens (tertiary/aromatic N) is 1. The molecule has 0 saturated carbocycles. The van der Waals surface area contributed by atoms with Crippen molar-refractivity contribution in [2.24, 2.45) is 5.92 Å². The largest absolute Gasteiger partial charge is 0.445 e. The first-order valence-electron chi connectivity index (χ1n) is 14.3. The number of H-pyrrole nitrogens is 1. The standard InChI is InChI=1S/C33H37N5O5/c1-22(2)15-27(19-39)36-31(40)30(17-26-18-34-21-35-26)37-32(41)29(38-33(42)43-20-23-9-4-3-5-10-23)16-25-13-8-12-24-11-6-7-14-28(24)25/h3-14,18-19,21-22,27,29-30H,15-17,20H2,1-2H3,(H,34,35)(H,36,40)(H,37,41)(H,38,42)/t27-,29-,30-/m0/s1. The maximum absolute atomic E-state index is 13.8. The van der Waals surface area contributed by atoms with Crippen molar-refractivity contribution >= 4 is 35.0 Å². The third-order valence-electron chi connectivity index (χ3n) is 6.94. The lowest BCUT2D eigenvalue weighted by atomic mass is 9.98. The molecule has 0 aliphatic heterocycles. The lowest BCUT2D eigenvalue weighted by Crippen LogP contribution is -2.56. The number of carbonyl (C=O) groups excluding carboxylic acids is 4. The van der Waals surface area contributed by atoms with Gasteiger partial charge in [-0.2, -0.15) is 0 Å². The van der Waals surface area contributed by atoms with Crippen molar-refractivity contribution < 1.29 is 23.9 Å². The van der Waals surface area contributed by atoms with Gasteiger partial charge in [0, 0.05) is 19.0 Å². The number of hydrogen-bond acceptors (Lipinski definition) is 6. The first kappa shape index (κ1) is 31.0. The smallest absolute Gasteiger partial charge is 0.408 e. The van der Waals surface area contributed by atoms with Crippen LogP contribution in [0.4, 0.5) is 4.79 Å². The van der Waals surface area contributed by atoms with Crippen molar-refractivity contribution in [1.29, 1.82) is 0 Å². The Labute approximate surface area is 250 Å². The van der Waals surface area contributed by atoms with E-state index in [1.165, 1.54) is 6.33 Å². The number of fused-ring (bicyclic) bond motifs is 1. The molecule has 0 saturated heterocycles. The van der Waals surface area contributed by atoms with Gasteiger partial charge in [-0.1, -0.05) is 86.6 Å². The number of aromatic amines is 1. The van der Waals surface area contributed by atoms with Crippen LogP contribution < -0.4 is 16.0 Å². The number of carbonyl (C=O) groups is 4. The second-order valence-electron chi connectivity index (χ2n) is 10.8. The van der Waals surface area contributed by atoms with E-state index in [0.717, 1.165) is 21.9 Å². The van der Waals surface area contributed by atoms with E-state index < -0.39 is 36.0 Å². The summed E-state index contributed by atoms with van der Waals surface area (Å²) in [6.45, 7) is 3.93. The fraction of sp³-hybridized carbons (Fsp3) is 0.303. The molecule has 10 nitrogen and oxygen atoms in total. The molecule has 3 atom stereocenters. The summed E-state index contributed by atoms with van der Waals surface area (Å²) >= 11 is 0. The molecule has 0 unspecified atom stereocenters. The summed E-state index contributed by atoms with van der Waals surface area (Å²) in [5, 5.41) is 10.2. The van der Waals surface area contributed by atoms with Crippen LogP contribution in [0.1, 0.15) is 37.1 Å². The van der Waals surface area contributed by atoms with Crippen LogP contribution in [0.15, 0.2) is 85.3 Å². The summed E-state index contributed by atoms with van der Waals surface area (Å²) < 4.78 is 5.41. The van der Waals surface area contributed by atoms with Crippen molar-refractivity contribution in [1.82, 2.24) is 25.9 Å². The van der Waals surface area contributed by atoms with Gasteiger partial charge in [0.15, 0.2) is 0 Å². The van der Waals surface area contributed by atoms with Crippen molar-refractivity contribution in [3.05, 3.63) is 102 Å². The van der Waals surface area contributed by atoms with E-state index in [1.807, 2.05) is 86.6 Å². The molecule has 43 heavy (non-hydrogen) atoms. The van der Waals surface area contributed by atoms with Crippen LogP contribution in [0.2, 0.25) is 0 Å². The molecular weight excluding hydrogens is 546 g/mol. The number of rotatable bonds is 14. The Bertz CT molecular complexity index is 1500. The van der Waals surface area contributed by atoms with Gasteiger partial charge in [-0.05, 0) is 34.2 Å². The van der Waals surface area contributed by atoms with E-state index in [4.69, 9.17) is 4.74 Å². The highest BCUT2D eigenvalue weighted by Gasteiger charge is 2.29. The van der Waals surface area contributed by atoms with Gasteiger partial charge in [0.05, 0.1) is 18.1 Å². The Balaban J connectivity index is 1.56. The fourth-order valence-corrected chi connectivity index (χ4v) is 4.84. The van der Waals surface area contributed by atoms with Crippen LogP contribution in [0.25, 0.3) is 10.8 Å². The van der Waals surface area contributed by atoms with Gasteiger partial charge in [-0.15, -0.1) is 0 Å². The number of alkyl carbamates (subject to hydrolysis) is 1. The molecule has 1 aromatic heterocycles. The number of hydrogen-bond donors (Lipinski definition) is 4. The number of amides is 3. The zero-order chi connectivity index (χ0) is 30.6. The van der Waals surface area contributed by atoms with Gasteiger partial charge in [0.1, 0.15) is 25.0 Å². The molecule has 10 heteroatoms. The summed E-state index contributed by atoms with van der Waals surface area (Å²) in [7, 11) is 0. The molecule has 3 amide bonds. The average Bonchev–Trinajstić information content (AvgIpc) is 3.52. The maximum atomic E-state index is 13.8. The van der Waals surface area contributed by atoms with Gasteiger partial charge < -0.3 is 30.5 Å². The molecule has 0 fully saturated rings. The Morgan fingerprint density at radius 2 is 1.56 bits per heavy atom. The minimum absolute atomic E-state index is 0.0302. The summed E-state index contributed by atoms with van der Waals surface area (Å²) in [6.07, 6.45) is 3.71. The number of ether oxygens (including phenoxy) is 1. The minimum Gasteiger partial charge on any atom is -0.445 e. The zero-order valence-electron chi connectivity index (χ0n) is 24.3. The van der Waals surface area contributed by atoms with Crippen molar-refractivity contribution in [3.63, 3.8) is 0 Å². The number of imidazole rings is 1. The van der Waals surface area contributed by atoms with E-state index in [9.17, 15) is 19.2 Å². The first-order chi connectivity index (χ1) is 20.8. The van der Waals surface area contributed by atoms with Crippen LogP contribution in [-0.2, 0) is 38.6 Å². The Hall–Kier alpha value is -4.99. The lowest BCUT2D eigenvalue weighted by Gasteiger charge is -2.24. The van der Waals surface area contributed by atoms with Crippen molar-refractivity contribution in [3.8, 4) is 0 Å². The van der Waals surface area contributed by atoms with Crippen LogP contribution in [-0.4, -0.2) is 52.3 Å². The molecule has 0 bridgehead atoms. The molecule has 0 aliphatic carbocycles. The Kier molecular flexibility index (Phi) is 11.0. The van der Waals surface area contributed by atoms with E-state index in [-0.39, 0.29) is 25.4 Å². The van der Waals surface area contributed by atoms with Gasteiger partial charge in [-0.25, -0.2) is 9.78 Å². The molecule has 0 spiro atoms. The molecular formula is C33H37N5O5. The SMILES string of the molecule is CC(C)C[C@@H](C=O)NC(=O)[C@H](Cc1c[nH]cn1)NC(=O)[C@H](Cc1cccc2ccccc12)NC(=O)OCc1ccccc1. The quantitative estimate of drug-likeness (QED) is 0.166. The second-order valence-corrected chi connectivity index (χ2v) is 10.8. The lowest BCUT2D eigenvalue weighted by molar-refractivity contribution is -0.131. The Morgan fingerprint density at radius 3 is 2.28 bits per heavy atom. The van der Waals surface area contributed by atoms with Crippen LogP contribution in [0.3, 0.4) is 0 Å². The molecule has 4 N–H and O–H groups in total. The third kappa shape index (κ3) is 9.26. The summed E-state index contributed by atoms with van der Waals surface area (Å²) in [5.41, 5.74) is 2.19. The van der Waals surface area contributed by atoms with Gasteiger partial charge >= 0.3 is 6.09 Å². The van der Waals surface area contributed by atoms with Gasteiger partial charge in [0.2, 0.25) is 11.8 Å². The molecule has 224 valence electrons. The number of aromatic nitrogens is 2. The first-order valence-corrected chi connectivity index (χ1v) is 14.3. The predicted octanol–water partition coefficient (Wildman–Crippen LogP) is 3.86. The highest BCUT2D eigenvalue weighted by atomic mass is 16.5. The van der Waals surface area contributed by atoms with E-state index >= 15 is 0 Å². The van der Waals surface area contributed by atoms with Crippen molar-refractivity contribution in [2.75, 3.05) is 0 Å². The monoisotopic (exact) mass is 583 g/mol. The van der Waals surface area contributed by atoms with Gasteiger partial charge in [0.25, 0.3) is 0 Å². The van der Waals surface area contributed by atoms with E-state index in [0.29, 0.717) is 18.4 Å². The van der Waals surface area contributed by atoms with E-state index in [1.54, 1.807) is 6.20 Å². The molecule has 4 rings (SSSR count). The average molecular weight is 584 g/mol. The van der Waals surface area contributed by atoms with Gasteiger partial charge in [-0.3, -0.25) is 9.59 Å². The normalized spacial score (nSPS) is 13.1. The van der Waals surface area contributed by atoms with Crippen LogP contribution in [0, 0.1) is 5.92 Å². The fourth-order valence-electron chi connectivity index (χ4n) is 4.84. The zero-order valence-corrected chi connectivity index (χ0v) is 24.3. The molecule has 0 radical (unpaired) electrons. The van der Waals surface area contributed by atoms with E-state index in [2.05, 4.69) is 25.9 Å². The highest BCUT2D eigenvalue weighted by Crippen LogP contribution is 2.20. The molecule has 1 heterocycles. The van der Waals surface area contributed by atoms with Crippen molar-refractivity contribution in [2.45, 2.75) is 57.8 Å². The molecule has 3 aromatic carbocycles. The predicted molar refractivity (Wildman–Crippen MR) is 163 cm³/mol. The summed E-state index contributed by atoms with van der Waals surface area (Å²) in [4.78, 5) is 58.8. The number of nitrogens with one attached hydrogen (secondary N) is 4. The minimum atomic E-state index is -1.07. The molecule has 0 aliphatic rings. The summed E-state index contributed by atoms with van der Waals surface area (Å²) in [6, 6.07) is 19.9.